The van der Waals surface area contributed by atoms with Gasteiger partial charge >= 0.3 is 0 Å². The normalized spacial score (nSPS) is 17.7. The molecule has 0 fully saturated rings. The number of hydrogen-bond donors (Lipinski definition) is 2. The van der Waals surface area contributed by atoms with Crippen LogP contribution < -0.4 is 5.32 Å². The molecular weight excluding hydrogens is 246 g/mol. The average Bonchev–Trinajstić information content (AvgIpc) is 3.10. The summed E-state index contributed by atoms with van der Waals surface area (Å²) in [6.07, 6.45) is 1.11. The molecule has 0 saturated carbocycles. The zero-order valence-electron chi connectivity index (χ0n) is 9.91. The van der Waals surface area contributed by atoms with Gasteiger partial charge in [0.05, 0.1) is 5.71 Å². The summed E-state index contributed by atoms with van der Waals surface area (Å²) in [6.45, 7) is 0. The number of amides is 1. The highest BCUT2D eigenvalue weighted by Crippen LogP contribution is 2.17. The van der Waals surface area contributed by atoms with Crippen molar-refractivity contribution in [2.75, 3.05) is 5.32 Å². The molecule has 1 aromatic carbocycles. The Morgan fingerprint density at radius 1 is 1.37 bits per heavy atom. The first-order chi connectivity index (χ1) is 9.33. The third-order valence-corrected chi connectivity index (χ3v) is 2.72. The standard InChI is InChI=1S/C12H11N5O2/c18-11(15-12-13-7-14-16-12)10-6-9(17-19-10)8-4-2-1-3-5-8/h1-5,7,10H,6H2,(H2,13,14,15,16,18). The summed E-state index contributed by atoms with van der Waals surface area (Å²) in [5.41, 5.74) is 1.72. The van der Waals surface area contributed by atoms with Crippen LogP contribution in [0.2, 0.25) is 0 Å². The molecule has 3 rings (SSSR count). The molecule has 0 aliphatic carbocycles. The van der Waals surface area contributed by atoms with E-state index >= 15 is 0 Å². The van der Waals surface area contributed by atoms with Crippen LogP contribution >= 0.6 is 0 Å². The molecule has 19 heavy (non-hydrogen) atoms. The van der Waals surface area contributed by atoms with Gasteiger partial charge in [-0.2, -0.15) is 10.1 Å². The number of hydrogen-bond acceptors (Lipinski definition) is 5. The van der Waals surface area contributed by atoms with Crippen LogP contribution in [-0.2, 0) is 9.63 Å². The Morgan fingerprint density at radius 3 is 2.95 bits per heavy atom. The average molecular weight is 257 g/mol. The first-order valence-corrected chi connectivity index (χ1v) is 5.77. The van der Waals surface area contributed by atoms with E-state index in [1.54, 1.807) is 0 Å². The molecule has 96 valence electrons. The fraction of sp³-hybridized carbons (Fsp3) is 0.167. The molecule has 0 spiro atoms. The van der Waals surface area contributed by atoms with Crippen molar-refractivity contribution < 1.29 is 9.63 Å². The summed E-state index contributed by atoms with van der Waals surface area (Å²) < 4.78 is 0. The summed E-state index contributed by atoms with van der Waals surface area (Å²) in [5, 5.41) is 12.7. The number of rotatable bonds is 3. The number of nitrogens with one attached hydrogen (secondary N) is 2. The number of anilines is 1. The number of oxime groups is 1. The fourth-order valence-corrected chi connectivity index (χ4v) is 1.78. The molecule has 2 heterocycles. The minimum absolute atomic E-state index is 0.293. The first kappa shape index (κ1) is 11.4. The molecule has 1 amide bonds. The quantitative estimate of drug-likeness (QED) is 0.855. The van der Waals surface area contributed by atoms with Crippen LogP contribution in [0.5, 0.6) is 0 Å². The van der Waals surface area contributed by atoms with E-state index in [9.17, 15) is 4.79 Å². The minimum Gasteiger partial charge on any atom is -0.382 e. The number of aromatic amines is 1. The van der Waals surface area contributed by atoms with Crippen molar-refractivity contribution >= 4 is 17.6 Å². The van der Waals surface area contributed by atoms with Crippen molar-refractivity contribution in [1.29, 1.82) is 0 Å². The second-order valence-corrected chi connectivity index (χ2v) is 4.03. The molecule has 1 aliphatic rings. The van der Waals surface area contributed by atoms with Gasteiger partial charge in [0.2, 0.25) is 12.1 Å². The van der Waals surface area contributed by atoms with Crippen LogP contribution in [0.4, 0.5) is 5.95 Å². The molecule has 1 unspecified atom stereocenters. The number of carbonyl (C=O) groups excluding carboxylic acids is 1. The number of nitrogens with zero attached hydrogens (tertiary/aromatic N) is 3. The predicted molar refractivity (Wildman–Crippen MR) is 67.5 cm³/mol. The van der Waals surface area contributed by atoms with E-state index in [0.29, 0.717) is 12.4 Å². The Balaban J connectivity index is 1.63. The molecule has 2 N–H and O–H groups in total. The van der Waals surface area contributed by atoms with E-state index in [0.717, 1.165) is 11.3 Å². The summed E-state index contributed by atoms with van der Waals surface area (Å²) in [6, 6.07) is 9.62. The maximum Gasteiger partial charge on any atom is 0.271 e. The second kappa shape index (κ2) is 4.89. The topological polar surface area (TPSA) is 92.3 Å². The molecule has 0 saturated heterocycles. The lowest BCUT2D eigenvalue weighted by Crippen LogP contribution is -2.28. The summed E-state index contributed by atoms with van der Waals surface area (Å²) in [5.74, 6) is -0.00630. The predicted octanol–water partition coefficient (Wildman–Crippen LogP) is 0.936. The highest BCUT2D eigenvalue weighted by atomic mass is 16.6. The van der Waals surface area contributed by atoms with Gasteiger partial charge in [0.1, 0.15) is 6.33 Å². The highest BCUT2D eigenvalue weighted by Gasteiger charge is 2.29. The Bertz CT molecular complexity index is 594. The smallest absolute Gasteiger partial charge is 0.271 e. The van der Waals surface area contributed by atoms with Crippen LogP contribution in [0.1, 0.15) is 12.0 Å². The van der Waals surface area contributed by atoms with Crippen LogP contribution in [0.25, 0.3) is 0 Å². The largest absolute Gasteiger partial charge is 0.382 e. The van der Waals surface area contributed by atoms with Gasteiger partial charge in [0.25, 0.3) is 5.91 Å². The molecule has 1 atom stereocenters. The Kier molecular flexibility index (Phi) is 2.93. The Labute approximate surface area is 108 Å². The summed E-state index contributed by atoms with van der Waals surface area (Å²) >= 11 is 0. The first-order valence-electron chi connectivity index (χ1n) is 5.77. The van der Waals surface area contributed by atoms with Crippen LogP contribution in [0.15, 0.2) is 41.8 Å². The van der Waals surface area contributed by atoms with Gasteiger partial charge in [-0.1, -0.05) is 35.5 Å². The van der Waals surface area contributed by atoms with Crippen LogP contribution in [0.3, 0.4) is 0 Å². The van der Waals surface area contributed by atoms with Crippen LogP contribution in [-0.4, -0.2) is 32.9 Å². The molecule has 1 aromatic heterocycles. The zero-order valence-corrected chi connectivity index (χ0v) is 9.91. The highest BCUT2D eigenvalue weighted by molar-refractivity contribution is 6.05. The van der Waals surface area contributed by atoms with E-state index in [2.05, 4.69) is 25.7 Å². The minimum atomic E-state index is -0.639. The van der Waals surface area contributed by atoms with Gasteiger partial charge in [0, 0.05) is 6.42 Å². The summed E-state index contributed by atoms with van der Waals surface area (Å²) in [7, 11) is 0. The third kappa shape index (κ3) is 2.44. The van der Waals surface area contributed by atoms with Crippen molar-refractivity contribution in [1.82, 2.24) is 15.2 Å². The van der Waals surface area contributed by atoms with Gasteiger partial charge in [-0.15, -0.1) is 0 Å². The summed E-state index contributed by atoms with van der Waals surface area (Å²) in [4.78, 5) is 20.8. The Morgan fingerprint density at radius 2 is 2.21 bits per heavy atom. The van der Waals surface area contributed by atoms with Gasteiger partial charge in [0.15, 0.2) is 0 Å². The Hall–Kier alpha value is -2.70. The number of benzene rings is 1. The van der Waals surface area contributed by atoms with Gasteiger partial charge in [-0.05, 0) is 5.56 Å². The monoisotopic (exact) mass is 257 g/mol. The lowest BCUT2D eigenvalue weighted by atomic mass is 10.1. The molecule has 1 aliphatic heterocycles. The molecule has 7 nitrogen and oxygen atoms in total. The van der Waals surface area contributed by atoms with Gasteiger partial charge < -0.3 is 4.84 Å². The van der Waals surface area contributed by atoms with Crippen molar-refractivity contribution in [3.05, 3.63) is 42.2 Å². The third-order valence-electron chi connectivity index (χ3n) is 2.72. The zero-order chi connectivity index (χ0) is 13.1. The lowest BCUT2D eigenvalue weighted by Gasteiger charge is -2.06. The maximum absolute atomic E-state index is 11.9. The van der Waals surface area contributed by atoms with Gasteiger partial charge in [-0.25, -0.2) is 5.10 Å². The fourth-order valence-electron chi connectivity index (χ4n) is 1.78. The molecule has 7 heteroatoms. The number of aromatic nitrogens is 3. The van der Waals surface area contributed by atoms with E-state index in [1.165, 1.54) is 6.33 Å². The number of carbonyl (C=O) groups is 1. The van der Waals surface area contributed by atoms with Crippen molar-refractivity contribution in [2.24, 2.45) is 5.16 Å². The molecular formula is C12H11N5O2. The van der Waals surface area contributed by atoms with Gasteiger partial charge in [-0.3, -0.25) is 10.1 Å². The van der Waals surface area contributed by atoms with E-state index in [1.807, 2.05) is 30.3 Å². The number of H-pyrrole nitrogens is 1. The molecule has 0 bridgehead atoms. The molecule has 2 aromatic rings. The second-order valence-electron chi connectivity index (χ2n) is 4.03. The van der Waals surface area contributed by atoms with Crippen molar-refractivity contribution in [2.45, 2.75) is 12.5 Å². The van der Waals surface area contributed by atoms with Crippen LogP contribution in [0, 0.1) is 0 Å². The van der Waals surface area contributed by atoms with E-state index in [4.69, 9.17) is 4.84 Å². The lowest BCUT2D eigenvalue weighted by molar-refractivity contribution is -0.125. The SMILES string of the molecule is O=C(Nc1ncn[nH]1)C1CC(c2ccccc2)=NO1. The van der Waals surface area contributed by atoms with Crippen molar-refractivity contribution in [3.8, 4) is 0 Å². The van der Waals surface area contributed by atoms with E-state index < -0.39 is 6.10 Å². The molecule has 0 radical (unpaired) electrons. The maximum atomic E-state index is 11.9. The van der Waals surface area contributed by atoms with Crippen molar-refractivity contribution in [3.63, 3.8) is 0 Å². The van der Waals surface area contributed by atoms with E-state index in [-0.39, 0.29) is 5.91 Å².